The Balaban J connectivity index is 2.76. The number of nitrogens with zero attached hydrogens (tertiary/aromatic N) is 2. The molecule has 0 spiro atoms. The molecule has 0 aliphatic heterocycles. The normalized spacial score (nSPS) is 9.54. The summed E-state index contributed by atoms with van der Waals surface area (Å²) < 4.78 is 7.51. The average molecular weight is 182 g/mol. The van der Waals surface area contributed by atoms with Crippen LogP contribution in [0.25, 0.3) is 0 Å². The van der Waals surface area contributed by atoms with E-state index in [-0.39, 0.29) is 0 Å². The van der Waals surface area contributed by atoms with E-state index in [2.05, 4.69) is 4.98 Å². The van der Waals surface area contributed by atoms with E-state index in [0.29, 0.717) is 0 Å². The van der Waals surface area contributed by atoms with Crippen molar-refractivity contribution in [1.82, 2.24) is 9.88 Å². The second-order valence-electron chi connectivity index (χ2n) is 3.21. The first kappa shape index (κ1) is 9.64. The maximum absolute atomic E-state index is 5.59. The summed E-state index contributed by atoms with van der Waals surface area (Å²) in [5, 5.41) is 0. The highest BCUT2D eigenvalue weighted by molar-refractivity contribution is 5.70. The first-order chi connectivity index (χ1) is 6.11. The molecular formula is C9H16N3O+. The van der Waals surface area contributed by atoms with Gasteiger partial charge in [-0.15, -0.1) is 0 Å². The van der Waals surface area contributed by atoms with Crippen molar-refractivity contribution in [3.05, 3.63) is 18.3 Å². The van der Waals surface area contributed by atoms with Gasteiger partial charge in [0.25, 0.3) is 0 Å². The van der Waals surface area contributed by atoms with E-state index in [1.807, 2.05) is 56.0 Å². The Bertz CT molecular complexity index is 284. The second kappa shape index (κ2) is 3.98. The summed E-state index contributed by atoms with van der Waals surface area (Å²) in [6, 6.07) is 4.58. The third-order valence-corrected chi connectivity index (χ3v) is 1.54. The summed E-state index contributed by atoms with van der Waals surface area (Å²) >= 11 is 0. The second-order valence-corrected chi connectivity index (χ2v) is 3.21. The first-order valence-corrected chi connectivity index (χ1v) is 4.14. The molecule has 0 atom stereocenters. The molecule has 72 valence electrons. The molecule has 0 bridgehead atoms. The smallest absolute Gasteiger partial charge is 0.375 e. The molecule has 4 heteroatoms. The van der Waals surface area contributed by atoms with Gasteiger partial charge >= 0.3 is 6.02 Å². The summed E-state index contributed by atoms with van der Waals surface area (Å²) in [5.41, 5.74) is 0. The molecule has 4 nitrogen and oxygen atoms in total. The minimum absolute atomic E-state index is 0.748. The van der Waals surface area contributed by atoms with Gasteiger partial charge in [0, 0.05) is 12.3 Å². The molecule has 0 unspecified atom stereocenters. The Morgan fingerprint density at radius 3 is 2.54 bits per heavy atom. The zero-order valence-corrected chi connectivity index (χ0v) is 8.53. The van der Waals surface area contributed by atoms with Gasteiger partial charge in [0.1, 0.15) is 0 Å². The van der Waals surface area contributed by atoms with Crippen LogP contribution in [0.4, 0.5) is 0 Å². The SMILES string of the molecule is CN(C)C(Oc1ccc[nH]1)=[N+](C)C. The predicted molar refractivity (Wildman–Crippen MR) is 52.2 cm³/mol. The lowest BCUT2D eigenvalue weighted by Crippen LogP contribution is -2.34. The van der Waals surface area contributed by atoms with Crippen molar-refractivity contribution < 1.29 is 9.31 Å². The van der Waals surface area contributed by atoms with Crippen molar-refractivity contribution in [2.75, 3.05) is 28.2 Å². The van der Waals surface area contributed by atoms with Gasteiger partial charge in [-0.1, -0.05) is 0 Å². The van der Waals surface area contributed by atoms with Crippen molar-refractivity contribution in [3.8, 4) is 5.88 Å². The molecule has 13 heavy (non-hydrogen) atoms. The number of nitrogens with one attached hydrogen (secondary N) is 1. The van der Waals surface area contributed by atoms with E-state index in [1.54, 1.807) is 0 Å². The number of H-pyrrole nitrogens is 1. The number of hydrogen-bond acceptors (Lipinski definition) is 1. The lowest BCUT2D eigenvalue weighted by atomic mass is 10.6. The van der Waals surface area contributed by atoms with Crippen LogP contribution >= 0.6 is 0 Å². The van der Waals surface area contributed by atoms with Crippen LogP contribution in [0.2, 0.25) is 0 Å². The van der Waals surface area contributed by atoms with E-state index in [4.69, 9.17) is 4.74 Å². The Labute approximate surface area is 78.4 Å². The van der Waals surface area contributed by atoms with E-state index in [1.165, 1.54) is 0 Å². The highest BCUT2D eigenvalue weighted by Gasteiger charge is 2.14. The van der Waals surface area contributed by atoms with E-state index >= 15 is 0 Å². The van der Waals surface area contributed by atoms with Gasteiger partial charge in [0.15, 0.2) is 0 Å². The number of aromatic nitrogens is 1. The molecule has 0 saturated heterocycles. The number of rotatable bonds is 1. The van der Waals surface area contributed by atoms with Gasteiger partial charge in [0.2, 0.25) is 5.88 Å². The van der Waals surface area contributed by atoms with Gasteiger partial charge in [-0.25, -0.2) is 9.48 Å². The monoisotopic (exact) mass is 182 g/mol. The summed E-state index contributed by atoms with van der Waals surface area (Å²) in [7, 11) is 7.77. The fraction of sp³-hybridized carbons (Fsp3) is 0.444. The highest BCUT2D eigenvalue weighted by atomic mass is 16.5. The van der Waals surface area contributed by atoms with Crippen LogP contribution in [0.5, 0.6) is 5.88 Å². The van der Waals surface area contributed by atoms with Gasteiger partial charge < -0.3 is 9.72 Å². The fourth-order valence-corrected chi connectivity index (χ4v) is 1.06. The zero-order chi connectivity index (χ0) is 9.84. The molecule has 0 radical (unpaired) electrons. The molecule has 1 heterocycles. The maximum atomic E-state index is 5.59. The predicted octanol–water partition coefficient (Wildman–Crippen LogP) is 0.583. The lowest BCUT2D eigenvalue weighted by Gasteiger charge is -2.09. The Morgan fingerprint density at radius 1 is 1.46 bits per heavy atom. The van der Waals surface area contributed by atoms with Gasteiger partial charge in [0.05, 0.1) is 28.2 Å². The van der Waals surface area contributed by atoms with Gasteiger partial charge in [-0.2, -0.15) is 0 Å². The maximum Gasteiger partial charge on any atom is 0.452 e. The standard InChI is InChI=1S/C9H16N3O/c1-11(2)9(12(3)4)13-8-6-5-7-10-8/h5-7,10H,1-4H3/q+1. The third kappa shape index (κ3) is 2.50. The molecule has 1 N–H and O–H groups in total. The summed E-state index contributed by atoms with van der Waals surface area (Å²) in [6.07, 6.45) is 1.83. The molecule has 0 fully saturated rings. The molecule has 0 aromatic carbocycles. The number of hydrogen-bond donors (Lipinski definition) is 1. The molecule has 0 aliphatic rings. The lowest BCUT2D eigenvalue weighted by molar-refractivity contribution is -0.478. The van der Waals surface area contributed by atoms with E-state index < -0.39 is 0 Å². The van der Waals surface area contributed by atoms with Crippen LogP contribution in [0, 0.1) is 0 Å². The molecule has 0 saturated carbocycles. The minimum atomic E-state index is 0.748. The van der Waals surface area contributed by atoms with Gasteiger partial charge in [-0.3, -0.25) is 0 Å². The number of amidine groups is 1. The molecule has 0 amide bonds. The van der Waals surface area contributed by atoms with Crippen LogP contribution in [0.15, 0.2) is 18.3 Å². The molecule has 1 rings (SSSR count). The number of ether oxygens (including phenoxy) is 1. The van der Waals surface area contributed by atoms with Crippen molar-refractivity contribution in [1.29, 1.82) is 0 Å². The minimum Gasteiger partial charge on any atom is -0.375 e. The van der Waals surface area contributed by atoms with Crippen LogP contribution in [-0.2, 0) is 0 Å². The van der Waals surface area contributed by atoms with Crippen molar-refractivity contribution in [2.45, 2.75) is 0 Å². The Morgan fingerprint density at radius 2 is 2.15 bits per heavy atom. The quantitative estimate of drug-likeness (QED) is 0.391. The molecular weight excluding hydrogens is 166 g/mol. The average Bonchev–Trinajstić information content (AvgIpc) is 2.50. The Hall–Kier alpha value is -1.45. The topological polar surface area (TPSA) is 31.3 Å². The Kier molecular flexibility index (Phi) is 2.95. The number of aromatic amines is 1. The largest absolute Gasteiger partial charge is 0.452 e. The molecule has 0 aliphatic carbocycles. The molecule has 1 aromatic heterocycles. The van der Waals surface area contributed by atoms with Crippen molar-refractivity contribution in [3.63, 3.8) is 0 Å². The van der Waals surface area contributed by atoms with Crippen molar-refractivity contribution >= 4 is 6.02 Å². The third-order valence-electron chi connectivity index (χ3n) is 1.54. The van der Waals surface area contributed by atoms with E-state index in [9.17, 15) is 0 Å². The highest BCUT2D eigenvalue weighted by Crippen LogP contribution is 2.05. The first-order valence-electron chi connectivity index (χ1n) is 4.14. The fourth-order valence-electron chi connectivity index (χ4n) is 1.06. The van der Waals surface area contributed by atoms with Crippen LogP contribution in [0.3, 0.4) is 0 Å². The summed E-state index contributed by atoms with van der Waals surface area (Å²) in [4.78, 5) is 4.90. The van der Waals surface area contributed by atoms with Crippen molar-refractivity contribution in [2.24, 2.45) is 0 Å². The van der Waals surface area contributed by atoms with Crippen LogP contribution in [-0.4, -0.2) is 48.7 Å². The van der Waals surface area contributed by atoms with E-state index in [0.717, 1.165) is 11.9 Å². The summed E-state index contributed by atoms with van der Waals surface area (Å²) in [5.74, 6) is 0.748. The van der Waals surface area contributed by atoms with Crippen LogP contribution in [0.1, 0.15) is 0 Å². The summed E-state index contributed by atoms with van der Waals surface area (Å²) in [6.45, 7) is 0. The van der Waals surface area contributed by atoms with Gasteiger partial charge in [-0.05, 0) is 6.07 Å². The molecule has 1 aromatic rings. The zero-order valence-electron chi connectivity index (χ0n) is 8.53. The van der Waals surface area contributed by atoms with Crippen LogP contribution < -0.4 is 4.74 Å².